The van der Waals surface area contributed by atoms with Gasteiger partial charge in [-0.3, -0.25) is 0 Å². The van der Waals surface area contributed by atoms with Crippen LogP contribution in [0.4, 0.5) is 9.52 Å². The summed E-state index contributed by atoms with van der Waals surface area (Å²) in [4.78, 5) is 1.92. The summed E-state index contributed by atoms with van der Waals surface area (Å²) in [5.74, 6) is 0.430. The van der Waals surface area contributed by atoms with Crippen LogP contribution in [0.5, 0.6) is 0 Å². The highest BCUT2D eigenvalue weighted by molar-refractivity contribution is 9.10. The Morgan fingerprint density at radius 2 is 2.17 bits per heavy atom. The summed E-state index contributed by atoms with van der Waals surface area (Å²) < 4.78 is 14.7. The van der Waals surface area contributed by atoms with Crippen LogP contribution in [0.3, 0.4) is 0 Å². The predicted octanol–water partition coefficient (Wildman–Crippen LogP) is 3.80. The smallest absolute Gasteiger partial charge is 0.208 e. The van der Waals surface area contributed by atoms with Gasteiger partial charge in [0.05, 0.1) is 4.47 Å². The molecule has 0 spiro atoms. The summed E-state index contributed by atoms with van der Waals surface area (Å²) in [5.41, 5.74) is 0.918. The third kappa shape index (κ3) is 3.21. The molecule has 96 valence electrons. The van der Waals surface area contributed by atoms with Crippen molar-refractivity contribution >= 4 is 44.2 Å². The summed E-state index contributed by atoms with van der Waals surface area (Å²) in [6, 6.07) is 5.04. The largest absolute Gasteiger partial charge is 0.353 e. The average molecular weight is 348 g/mol. The fourth-order valence-corrected chi connectivity index (χ4v) is 3.59. The maximum Gasteiger partial charge on any atom is 0.208 e. The van der Waals surface area contributed by atoms with Crippen LogP contribution < -0.4 is 4.90 Å². The molecule has 1 aromatic carbocycles. The number of anilines is 1. The van der Waals surface area contributed by atoms with Crippen LogP contribution >= 0.6 is 39.0 Å². The summed E-state index contributed by atoms with van der Waals surface area (Å²) in [6.07, 6.45) is 0. The monoisotopic (exact) mass is 347 g/mol. The van der Waals surface area contributed by atoms with Crippen LogP contribution in [0.25, 0.3) is 0 Å². The topological polar surface area (TPSA) is 29.0 Å². The maximum atomic E-state index is 13.3. The Morgan fingerprint density at radius 3 is 2.83 bits per heavy atom. The van der Waals surface area contributed by atoms with Crippen molar-refractivity contribution in [1.29, 1.82) is 0 Å². The Bertz CT molecular complexity index is 545. The van der Waals surface area contributed by atoms with E-state index in [2.05, 4.69) is 26.1 Å². The van der Waals surface area contributed by atoms with Crippen LogP contribution in [0.15, 0.2) is 27.0 Å². The van der Waals surface area contributed by atoms with Crippen LogP contribution in [0, 0.1) is 5.82 Å². The minimum Gasteiger partial charge on any atom is -0.353 e. The molecule has 2 rings (SSSR count). The zero-order valence-corrected chi connectivity index (χ0v) is 13.1. The number of rotatable bonds is 4. The van der Waals surface area contributed by atoms with Crippen molar-refractivity contribution in [3.05, 3.63) is 34.1 Å². The molecule has 7 heteroatoms. The van der Waals surface area contributed by atoms with Crippen LogP contribution in [0.1, 0.15) is 5.56 Å². The summed E-state index contributed by atoms with van der Waals surface area (Å²) in [7, 11) is 3.86. The summed E-state index contributed by atoms with van der Waals surface area (Å²) >= 11 is 6.34. The van der Waals surface area contributed by atoms with Gasteiger partial charge in [-0.2, -0.15) is 0 Å². The van der Waals surface area contributed by atoms with Crippen LogP contribution in [-0.4, -0.2) is 24.3 Å². The molecular formula is C11H11BrFN3S2. The minimum absolute atomic E-state index is 0.237. The molecule has 0 N–H and O–H groups in total. The molecule has 0 aliphatic heterocycles. The van der Waals surface area contributed by atoms with E-state index in [1.54, 1.807) is 17.8 Å². The van der Waals surface area contributed by atoms with E-state index in [4.69, 9.17) is 0 Å². The Morgan fingerprint density at radius 1 is 1.39 bits per heavy atom. The van der Waals surface area contributed by atoms with E-state index >= 15 is 0 Å². The molecule has 0 bridgehead atoms. The molecule has 0 fully saturated rings. The van der Waals surface area contributed by atoms with Gasteiger partial charge in [0.25, 0.3) is 0 Å². The van der Waals surface area contributed by atoms with Crippen molar-refractivity contribution in [1.82, 2.24) is 10.2 Å². The minimum atomic E-state index is -0.237. The molecule has 1 aromatic heterocycles. The van der Waals surface area contributed by atoms with Crippen LogP contribution in [0.2, 0.25) is 0 Å². The third-order valence-corrected chi connectivity index (χ3v) is 5.32. The van der Waals surface area contributed by atoms with E-state index < -0.39 is 0 Å². The quantitative estimate of drug-likeness (QED) is 0.786. The van der Waals surface area contributed by atoms with Crippen molar-refractivity contribution < 1.29 is 4.39 Å². The number of benzene rings is 1. The molecule has 0 aliphatic carbocycles. The van der Waals surface area contributed by atoms with E-state index in [1.807, 2.05) is 25.1 Å². The number of aromatic nitrogens is 2. The number of hydrogen-bond acceptors (Lipinski definition) is 5. The van der Waals surface area contributed by atoms with Crippen molar-refractivity contribution in [2.75, 3.05) is 19.0 Å². The van der Waals surface area contributed by atoms with Gasteiger partial charge in [-0.15, -0.1) is 10.2 Å². The van der Waals surface area contributed by atoms with Crippen molar-refractivity contribution in [3.63, 3.8) is 0 Å². The highest BCUT2D eigenvalue weighted by Gasteiger charge is 2.09. The second kappa shape index (κ2) is 5.99. The van der Waals surface area contributed by atoms with Gasteiger partial charge in [-0.1, -0.05) is 35.2 Å². The van der Waals surface area contributed by atoms with Gasteiger partial charge in [0, 0.05) is 19.8 Å². The molecule has 0 amide bonds. The standard InChI is InChI=1S/C11H11BrFN3S2/c1-16(2)10-14-15-11(18-10)17-6-7-4-3-5-8(13)9(7)12/h3-5H,6H2,1-2H3. The average Bonchev–Trinajstić information content (AvgIpc) is 2.80. The highest BCUT2D eigenvalue weighted by atomic mass is 79.9. The first-order chi connectivity index (χ1) is 8.58. The van der Waals surface area contributed by atoms with E-state index in [0.717, 1.165) is 15.0 Å². The molecule has 1 heterocycles. The fraction of sp³-hybridized carbons (Fsp3) is 0.273. The Balaban J connectivity index is 2.04. The third-order valence-electron chi connectivity index (χ3n) is 2.16. The molecule has 0 unspecified atom stereocenters. The Kier molecular flexibility index (Phi) is 4.58. The van der Waals surface area contributed by atoms with Gasteiger partial charge in [0.2, 0.25) is 5.13 Å². The second-order valence-electron chi connectivity index (χ2n) is 3.75. The van der Waals surface area contributed by atoms with Gasteiger partial charge < -0.3 is 4.90 Å². The molecule has 0 aliphatic rings. The Labute approximate surface area is 122 Å². The zero-order valence-electron chi connectivity index (χ0n) is 9.85. The normalized spacial score (nSPS) is 10.7. The first-order valence-electron chi connectivity index (χ1n) is 5.14. The molecule has 2 aromatic rings. The second-order valence-corrected chi connectivity index (χ2v) is 6.72. The predicted molar refractivity (Wildman–Crippen MR) is 77.9 cm³/mol. The first-order valence-corrected chi connectivity index (χ1v) is 7.74. The molecule has 0 saturated carbocycles. The molecule has 0 atom stereocenters. The van der Waals surface area contributed by atoms with Crippen LogP contribution in [-0.2, 0) is 5.75 Å². The van der Waals surface area contributed by atoms with Gasteiger partial charge in [-0.25, -0.2) is 4.39 Å². The van der Waals surface area contributed by atoms with E-state index in [9.17, 15) is 4.39 Å². The first kappa shape index (κ1) is 13.8. The molecule has 0 radical (unpaired) electrons. The van der Waals surface area contributed by atoms with E-state index in [1.165, 1.54) is 17.4 Å². The van der Waals surface area contributed by atoms with Gasteiger partial charge in [0.1, 0.15) is 5.82 Å². The van der Waals surface area contributed by atoms with Gasteiger partial charge in [0.15, 0.2) is 4.34 Å². The number of halogens is 2. The van der Waals surface area contributed by atoms with Gasteiger partial charge >= 0.3 is 0 Å². The lowest BCUT2D eigenvalue weighted by Crippen LogP contribution is -2.07. The lowest BCUT2D eigenvalue weighted by molar-refractivity contribution is 0.619. The van der Waals surface area contributed by atoms with Crippen molar-refractivity contribution in [2.24, 2.45) is 0 Å². The molecule has 3 nitrogen and oxygen atoms in total. The number of nitrogens with zero attached hydrogens (tertiary/aromatic N) is 3. The number of thioether (sulfide) groups is 1. The summed E-state index contributed by atoms with van der Waals surface area (Å²) in [5, 5.41) is 9.01. The maximum absolute atomic E-state index is 13.3. The molecule has 0 saturated heterocycles. The number of hydrogen-bond donors (Lipinski definition) is 0. The van der Waals surface area contributed by atoms with Gasteiger partial charge in [-0.05, 0) is 27.6 Å². The summed E-state index contributed by atoms with van der Waals surface area (Å²) in [6.45, 7) is 0. The lowest BCUT2D eigenvalue weighted by atomic mass is 10.2. The van der Waals surface area contributed by atoms with E-state index in [0.29, 0.717) is 10.2 Å². The SMILES string of the molecule is CN(C)c1nnc(SCc2cccc(F)c2Br)s1. The molecule has 18 heavy (non-hydrogen) atoms. The van der Waals surface area contributed by atoms with Crippen molar-refractivity contribution in [2.45, 2.75) is 10.1 Å². The molecular weight excluding hydrogens is 337 g/mol. The lowest BCUT2D eigenvalue weighted by Gasteiger charge is -2.04. The Hall–Kier alpha value is -0.660. The zero-order chi connectivity index (χ0) is 13.1. The highest BCUT2D eigenvalue weighted by Crippen LogP contribution is 2.31. The van der Waals surface area contributed by atoms with Crippen molar-refractivity contribution in [3.8, 4) is 0 Å². The fourth-order valence-electron chi connectivity index (χ4n) is 1.24. The van der Waals surface area contributed by atoms with E-state index in [-0.39, 0.29) is 5.82 Å².